The molecule has 1 unspecified atom stereocenters. The number of hydrogen-bond donors (Lipinski definition) is 4. The second-order valence-electron chi connectivity index (χ2n) is 4.55. The van der Waals surface area contributed by atoms with E-state index < -0.39 is 11.9 Å². The first kappa shape index (κ1) is 17.7. The van der Waals surface area contributed by atoms with Gasteiger partial charge in [-0.15, -0.1) is 0 Å². The second-order valence-corrected chi connectivity index (χ2v) is 4.99. The highest BCUT2D eigenvalue weighted by atomic mass is 35.5. The molecule has 1 atom stereocenters. The Balaban J connectivity index is 0.000000261. The van der Waals surface area contributed by atoms with Crippen LogP contribution in [-0.2, 0) is 16.0 Å². The van der Waals surface area contributed by atoms with Crippen molar-refractivity contribution in [3.63, 3.8) is 0 Å². The normalized spacial score (nSPS) is 12.0. The SMILES string of the molecule is CC(N)Cc1n[nH]c2ccc(Cl)cc12.O=C(O)/C=C/C(=O)O. The molecule has 2 aromatic rings. The third-order valence-electron chi connectivity index (χ3n) is 2.49. The zero-order valence-corrected chi connectivity index (χ0v) is 12.5. The summed E-state index contributed by atoms with van der Waals surface area (Å²) >= 11 is 5.91. The number of aliphatic carboxylic acids is 2. The fourth-order valence-electron chi connectivity index (χ4n) is 1.64. The molecule has 1 aromatic heterocycles. The van der Waals surface area contributed by atoms with Crippen LogP contribution < -0.4 is 5.73 Å². The van der Waals surface area contributed by atoms with Gasteiger partial charge in [0.05, 0.1) is 11.2 Å². The molecule has 7 nitrogen and oxygen atoms in total. The molecule has 1 aromatic carbocycles. The molecule has 8 heteroatoms. The monoisotopic (exact) mass is 325 g/mol. The maximum atomic E-state index is 9.55. The Labute approximate surface area is 131 Å². The third-order valence-corrected chi connectivity index (χ3v) is 2.72. The van der Waals surface area contributed by atoms with Crippen molar-refractivity contribution in [3.8, 4) is 0 Å². The summed E-state index contributed by atoms with van der Waals surface area (Å²) in [5.74, 6) is -2.51. The fourth-order valence-corrected chi connectivity index (χ4v) is 1.82. The predicted molar refractivity (Wildman–Crippen MR) is 82.9 cm³/mol. The third kappa shape index (κ3) is 5.94. The number of benzene rings is 1. The highest BCUT2D eigenvalue weighted by Gasteiger charge is 2.07. The molecule has 1 heterocycles. The van der Waals surface area contributed by atoms with Gasteiger partial charge < -0.3 is 15.9 Å². The lowest BCUT2D eigenvalue weighted by Gasteiger charge is -2.01. The van der Waals surface area contributed by atoms with Crippen molar-refractivity contribution in [3.05, 3.63) is 41.1 Å². The highest BCUT2D eigenvalue weighted by molar-refractivity contribution is 6.31. The molecule has 0 saturated carbocycles. The zero-order chi connectivity index (χ0) is 16.7. The Kier molecular flexibility index (Phi) is 6.55. The van der Waals surface area contributed by atoms with Crippen LogP contribution in [-0.4, -0.2) is 38.4 Å². The average molecular weight is 326 g/mol. The topological polar surface area (TPSA) is 129 Å². The molecule has 0 saturated heterocycles. The molecule has 0 bridgehead atoms. The molecule has 118 valence electrons. The van der Waals surface area contributed by atoms with Gasteiger partial charge in [0.2, 0.25) is 0 Å². The van der Waals surface area contributed by atoms with E-state index in [0.29, 0.717) is 12.2 Å². The standard InChI is InChI=1S/C10H12ClN3.C4H4O4/c1-6(12)4-10-8-5-7(11)2-3-9(8)13-14-10;5-3(6)1-2-4(7)8/h2-3,5-6H,4,12H2,1H3,(H,13,14);1-2H,(H,5,6)(H,7,8)/b;2-1+. The lowest BCUT2D eigenvalue weighted by molar-refractivity contribution is -0.134. The van der Waals surface area contributed by atoms with Gasteiger partial charge in [0.25, 0.3) is 0 Å². The number of carboxylic acids is 2. The van der Waals surface area contributed by atoms with Gasteiger partial charge >= 0.3 is 11.9 Å². The van der Waals surface area contributed by atoms with E-state index in [-0.39, 0.29) is 6.04 Å². The smallest absolute Gasteiger partial charge is 0.328 e. The van der Waals surface area contributed by atoms with Crippen molar-refractivity contribution in [2.75, 3.05) is 0 Å². The van der Waals surface area contributed by atoms with E-state index in [1.54, 1.807) is 0 Å². The molecular weight excluding hydrogens is 310 g/mol. The number of aromatic amines is 1. The number of aromatic nitrogens is 2. The molecule has 0 fully saturated rings. The first-order chi connectivity index (χ1) is 10.3. The average Bonchev–Trinajstić information content (AvgIpc) is 2.79. The van der Waals surface area contributed by atoms with Crippen molar-refractivity contribution in [2.45, 2.75) is 19.4 Å². The number of hydrogen-bond acceptors (Lipinski definition) is 4. The molecule has 0 radical (unpaired) electrons. The van der Waals surface area contributed by atoms with Crippen LogP contribution >= 0.6 is 11.6 Å². The predicted octanol–water partition coefficient (Wildman–Crippen LogP) is 1.82. The molecule has 22 heavy (non-hydrogen) atoms. The number of rotatable bonds is 4. The Morgan fingerprint density at radius 1 is 1.36 bits per heavy atom. The Hall–Kier alpha value is -2.38. The molecule has 0 aliphatic carbocycles. The summed E-state index contributed by atoms with van der Waals surface area (Å²) in [4.78, 5) is 19.1. The molecule has 5 N–H and O–H groups in total. The van der Waals surface area contributed by atoms with E-state index in [1.165, 1.54) is 0 Å². The molecule has 0 aliphatic heterocycles. The van der Waals surface area contributed by atoms with Crippen LogP contribution in [0.2, 0.25) is 5.02 Å². The first-order valence-electron chi connectivity index (χ1n) is 6.31. The van der Waals surface area contributed by atoms with Crippen LogP contribution in [0.15, 0.2) is 30.4 Å². The molecule has 2 rings (SSSR count). The van der Waals surface area contributed by atoms with Crippen LogP contribution in [0.3, 0.4) is 0 Å². The maximum absolute atomic E-state index is 9.55. The largest absolute Gasteiger partial charge is 0.478 e. The number of halogens is 1. The van der Waals surface area contributed by atoms with E-state index in [2.05, 4.69) is 10.2 Å². The van der Waals surface area contributed by atoms with E-state index in [1.807, 2.05) is 25.1 Å². The molecular formula is C14H16ClN3O4. The Bertz CT molecular complexity index is 678. The lowest BCUT2D eigenvalue weighted by Crippen LogP contribution is -2.18. The van der Waals surface area contributed by atoms with E-state index in [9.17, 15) is 9.59 Å². The van der Waals surface area contributed by atoms with Crippen molar-refractivity contribution in [2.24, 2.45) is 5.73 Å². The van der Waals surface area contributed by atoms with E-state index in [0.717, 1.165) is 28.0 Å². The molecule has 0 amide bonds. The zero-order valence-electron chi connectivity index (χ0n) is 11.8. The van der Waals surface area contributed by atoms with Crippen molar-refractivity contribution in [1.29, 1.82) is 0 Å². The van der Waals surface area contributed by atoms with Crippen molar-refractivity contribution in [1.82, 2.24) is 10.2 Å². The van der Waals surface area contributed by atoms with Crippen LogP contribution in [0.4, 0.5) is 0 Å². The lowest BCUT2D eigenvalue weighted by atomic mass is 10.1. The highest BCUT2D eigenvalue weighted by Crippen LogP contribution is 2.21. The van der Waals surface area contributed by atoms with Crippen LogP contribution in [0.5, 0.6) is 0 Å². The number of nitrogens with zero attached hydrogens (tertiary/aromatic N) is 1. The van der Waals surface area contributed by atoms with E-state index in [4.69, 9.17) is 27.5 Å². The van der Waals surface area contributed by atoms with Gasteiger partial charge in [0.1, 0.15) is 0 Å². The summed E-state index contributed by atoms with van der Waals surface area (Å²) in [5, 5.41) is 24.6. The van der Waals surface area contributed by atoms with Gasteiger partial charge in [0.15, 0.2) is 0 Å². The summed E-state index contributed by atoms with van der Waals surface area (Å²) in [6.45, 7) is 1.96. The van der Waals surface area contributed by atoms with Crippen molar-refractivity contribution < 1.29 is 19.8 Å². The number of carbonyl (C=O) groups is 2. The van der Waals surface area contributed by atoms with Gasteiger partial charge in [-0.25, -0.2) is 9.59 Å². The summed E-state index contributed by atoms with van der Waals surface area (Å²) in [5.41, 5.74) is 7.71. The summed E-state index contributed by atoms with van der Waals surface area (Å²) < 4.78 is 0. The van der Waals surface area contributed by atoms with Crippen molar-refractivity contribution >= 4 is 34.4 Å². The first-order valence-corrected chi connectivity index (χ1v) is 6.69. The van der Waals surface area contributed by atoms with Gasteiger partial charge in [-0.1, -0.05) is 11.6 Å². The van der Waals surface area contributed by atoms with Gasteiger partial charge in [-0.05, 0) is 25.1 Å². The molecule has 0 spiro atoms. The maximum Gasteiger partial charge on any atom is 0.328 e. The van der Waals surface area contributed by atoms with Crippen LogP contribution in [0.25, 0.3) is 10.9 Å². The van der Waals surface area contributed by atoms with E-state index >= 15 is 0 Å². The number of H-pyrrole nitrogens is 1. The number of nitrogens with one attached hydrogen (secondary N) is 1. The Morgan fingerprint density at radius 2 is 1.95 bits per heavy atom. The van der Waals surface area contributed by atoms with Gasteiger partial charge in [0, 0.05) is 35.0 Å². The fraction of sp³-hybridized carbons (Fsp3) is 0.214. The minimum atomic E-state index is -1.26. The summed E-state index contributed by atoms with van der Waals surface area (Å²) in [6.07, 6.45) is 1.88. The number of nitrogens with two attached hydrogens (primary N) is 1. The summed E-state index contributed by atoms with van der Waals surface area (Å²) in [6, 6.07) is 5.80. The minimum absolute atomic E-state index is 0.112. The minimum Gasteiger partial charge on any atom is -0.478 e. The number of carboxylic acid groups (broad SMARTS) is 2. The summed E-state index contributed by atoms with van der Waals surface area (Å²) in [7, 11) is 0. The van der Waals surface area contributed by atoms with Gasteiger partial charge in [-0.2, -0.15) is 5.10 Å². The number of fused-ring (bicyclic) bond motifs is 1. The van der Waals surface area contributed by atoms with Crippen LogP contribution in [0, 0.1) is 0 Å². The molecule has 0 aliphatic rings. The quantitative estimate of drug-likeness (QED) is 0.634. The second kappa shape index (κ2) is 8.16. The Morgan fingerprint density at radius 3 is 2.45 bits per heavy atom. The van der Waals surface area contributed by atoms with Crippen LogP contribution in [0.1, 0.15) is 12.6 Å². The van der Waals surface area contributed by atoms with Gasteiger partial charge in [-0.3, -0.25) is 5.10 Å².